The van der Waals surface area contributed by atoms with Crippen LogP contribution in [-0.4, -0.2) is 4.98 Å². The fourth-order valence-corrected chi connectivity index (χ4v) is 14.0. The van der Waals surface area contributed by atoms with E-state index in [2.05, 4.69) is 249 Å². The molecule has 0 amide bonds. The summed E-state index contributed by atoms with van der Waals surface area (Å²) in [7, 11) is 0. The third-order valence-corrected chi connectivity index (χ3v) is 16.7. The van der Waals surface area contributed by atoms with Gasteiger partial charge in [0.15, 0.2) is 0 Å². The van der Waals surface area contributed by atoms with E-state index in [9.17, 15) is 0 Å². The number of benzene rings is 10. The summed E-state index contributed by atoms with van der Waals surface area (Å²) in [6.45, 7) is 0. The molecular weight excluding hydrogens is 851 g/mol. The topological polar surface area (TPSA) is 12.9 Å². The monoisotopic (exact) mass is 891 g/mol. The molecule has 2 heterocycles. The maximum absolute atomic E-state index is 5.21. The Kier molecular flexibility index (Phi) is 8.14. The van der Waals surface area contributed by atoms with E-state index in [-0.39, 0.29) is 0 Å². The Morgan fingerprint density at radius 3 is 1.36 bits per heavy atom. The second kappa shape index (κ2) is 14.5. The first-order chi connectivity index (χ1) is 34.2. The summed E-state index contributed by atoms with van der Waals surface area (Å²) in [4.78, 5) is 5.21. The summed E-state index contributed by atoms with van der Waals surface area (Å²) in [6, 6.07) is 93.2. The second-order valence-electron chi connectivity index (χ2n) is 18.8. The lowest BCUT2D eigenvalue weighted by Crippen LogP contribution is -2.43. The number of rotatable bonds is 4. The van der Waals surface area contributed by atoms with Crippen molar-refractivity contribution in [2.24, 2.45) is 0 Å². The summed E-state index contributed by atoms with van der Waals surface area (Å²) in [5.74, 6) is 0. The molecule has 1 nitrogen and oxygen atoms in total. The minimum absolute atomic E-state index is 0.507. The van der Waals surface area contributed by atoms with Crippen LogP contribution in [-0.2, 0) is 10.8 Å². The van der Waals surface area contributed by atoms with Crippen LogP contribution >= 0.6 is 11.3 Å². The fourth-order valence-electron chi connectivity index (χ4n) is 12.9. The van der Waals surface area contributed by atoms with E-state index >= 15 is 0 Å². The molecule has 15 rings (SSSR count). The van der Waals surface area contributed by atoms with Crippen molar-refractivity contribution in [3.8, 4) is 67.0 Å². The highest BCUT2D eigenvalue weighted by Gasteiger charge is 2.59. The number of fused-ring (bicyclic) bond motifs is 20. The van der Waals surface area contributed by atoms with Gasteiger partial charge < -0.3 is 0 Å². The van der Waals surface area contributed by atoms with E-state index in [0.29, 0.717) is 0 Å². The molecule has 0 fully saturated rings. The summed E-state index contributed by atoms with van der Waals surface area (Å²) in [5, 5.41) is 2.69. The second-order valence-corrected chi connectivity index (χ2v) is 19.9. The molecule has 0 saturated heterocycles. The van der Waals surface area contributed by atoms with Gasteiger partial charge in [-0.05, 0) is 125 Å². The molecule has 3 aliphatic rings. The third kappa shape index (κ3) is 5.22. The lowest BCUT2D eigenvalue weighted by molar-refractivity contribution is 0.636. The zero-order valence-electron chi connectivity index (χ0n) is 37.5. The van der Waals surface area contributed by atoms with Gasteiger partial charge in [-0.3, -0.25) is 0 Å². The van der Waals surface area contributed by atoms with Gasteiger partial charge in [-0.25, -0.2) is 4.98 Å². The van der Waals surface area contributed by atoms with Crippen molar-refractivity contribution < 1.29 is 0 Å². The van der Waals surface area contributed by atoms with Crippen molar-refractivity contribution in [3.63, 3.8) is 0 Å². The molecule has 10 aromatic carbocycles. The smallest absolute Gasteiger partial charge is 0.0726 e. The maximum Gasteiger partial charge on any atom is 0.0726 e. The van der Waals surface area contributed by atoms with Gasteiger partial charge in [-0.15, -0.1) is 11.3 Å². The Morgan fingerprint density at radius 2 is 0.739 bits per heavy atom. The molecule has 0 aliphatic heterocycles. The number of nitrogens with zero attached hydrogens (tertiary/aromatic N) is 1. The molecule has 2 heteroatoms. The van der Waals surface area contributed by atoms with Crippen LogP contribution in [0.5, 0.6) is 0 Å². The zero-order chi connectivity index (χ0) is 45.3. The van der Waals surface area contributed by atoms with Crippen LogP contribution in [0.25, 0.3) is 87.2 Å². The lowest BCUT2D eigenvalue weighted by atomic mass is 9.52. The molecule has 0 radical (unpaired) electrons. The highest BCUT2D eigenvalue weighted by molar-refractivity contribution is 7.25. The van der Waals surface area contributed by atoms with E-state index in [0.717, 1.165) is 33.6 Å². The highest BCUT2D eigenvalue weighted by atomic mass is 32.1. The SMILES string of the molecule is c1ccc(-c2cc(-c3cccc(-c4ccc5c(c4)C4(c6ccccc6C6(c7ccccc7-c7ccccc76)c6ccccc64)c4c-5ccc5sc6ccccc6c45)c3)cc(-c3ccccc3)n2)cc1. The largest absolute Gasteiger partial charge is 0.248 e. The minimum Gasteiger partial charge on any atom is -0.248 e. The van der Waals surface area contributed by atoms with E-state index in [1.54, 1.807) is 0 Å². The average molecular weight is 892 g/mol. The first-order valence-corrected chi connectivity index (χ1v) is 24.8. The van der Waals surface area contributed by atoms with E-state index in [1.165, 1.54) is 98.1 Å². The summed E-state index contributed by atoms with van der Waals surface area (Å²) in [5.41, 5.74) is 23.7. The number of hydrogen-bond donors (Lipinski definition) is 0. The molecular formula is C67H41NS. The molecule has 69 heavy (non-hydrogen) atoms. The van der Waals surface area contributed by atoms with Crippen LogP contribution in [0.3, 0.4) is 0 Å². The molecule has 3 aliphatic carbocycles. The molecule has 320 valence electrons. The zero-order valence-corrected chi connectivity index (χ0v) is 38.3. The number of thiophene rings is 1. The van der Waals surface area contributed by atoms with Crippen LogP contribution in [0.15, 0.2) is 249 Å². The molecule has 2 aromatic heterocycles. The Bertz CT molecular complexity index is 3930. The molecule has 0 saturated carbocycles. The van der Waals surface area contributed by atoms with Gasteiger partial charge in [0, 0.05) is 31.3 Å². The third-order valence-electron chi connectivity index (χ3n) is 15.5. The normalized spacial score (nSPS) is 14.0. The molecule has 12 aromatic rings. The lowest BCUT2D eigenvalue weighted by Gasteiger charge is -2.49. The van der Waals surface area contributed by atoms with Gasteiger partial charge in [0.2, 0.25) is 0 Å². The van der Waals surface area contributed by atoms with Crippen molar-refractivity contribution >= 4 is 31.5 Å². The van der Waals surface area contributed by atoms with Crippen LogP contribution in [0, 0.1) is 0 Å². The van der Waals surface area contributed by atoms with Crippen molar-refractivity contribution in [2.75, 3.05) is 0 Å². The Hall–Kier alpha value is -8.43. The van der Waals surface area contributed by atoms with Gasteiger partial charge in [0.25, 0.3) is 0 Å². The van der Waals surface area contributed by atoms with Crippen LogP contribution in [0.2, 0.25) is 0 Å². The molecule has 0 unspecified atom stereocenters. The minimum atomic E-state index is -0.632. The summed E-state index contributed by atoms with van der Waals surface area (Å²) >= 11 is 1.91. The number of hydrogen-bond acceptors (Lipinski definition) is 2. The Morgan fingerprint density at radius 1 is 0.275 bits per heavy atom. The first kappa shape index (κ1) is 38.7. The van der Waals surface area contributed by atoms with Gasteiger partial charge in [0.05, 0.1) is 22.2 Å². The van der Waals surface area contributed by atoms with Gasteiger partial charge in [0.1, 0.15) is 0 Å². The average Bonchev–Trinajstić information content (AvgIpc) is 4.06. The number of aromatic nitrogens is 1. The number of pyridine rings is 1. The summed E-state index contributed by atoms with van der Waals surface area (Å²) in [6.07, 6.45) is 0. The fraction of sp³-hybridized carbons (Fsp3) is 0.0299. The van der Waals surface area contributed by atoms with Crippen molar-refractivity contribution in [1.29, 1.82) is 0 Å². The molecule has 0 atom stereocenters. The van der Waals surface area contributed by atoms with Crippen LogP contribution in [0.4, 0.5) is 0 Å². The summed E-state index contributed by atoms with van der Waals surface area (Å²) < 4.78 is 2.64. The predicted octanol–water partition coefficient (Wildman–Crippen LogP) is 17.2. The highest BCUT2D eigenvalue weighted by Crippen LogP contribution is 2.69. The van der Waals surface area contributed by atoms with E-state index < -0.39 is 10.8 Å². The van der Waals surface area contributed by atoms with Crippen LogP contribution in [0.1, 0.15) is 44.5 Å². The molecule has 2 spiro atoms. The first-order valence-electron chi connectivity index (χ1n) is 23.9. The molecule has 0 bridgehead atoms. The van der Waals surface area contributed by atoms with Gasteiger partial charge in [-0.1, -0.05) is 212 Å². The van der Waals surface area contributed by atoms with Gasteiger partial charge in [-0.2, -0.15) is 0 Å². The maximum atomic E-state index is 5.21. The quantitative estimate of drug-likeness (QED) is 0.172. The standard InChI is InChI=1S/C67H41NS/c1-3-18-42(19-4-1)60-40-47(41-61(68-60)43-20-5-2-6-21-43)45-23-17-22-44(38-45)46-34-35-50-51-36-37-63-64(52-26-9-16-33-62(52)69-63)65(51)67(59(50)39-46)57-31-14-12-29-55(57)66(56-30-13-15-32-58(56)67)53-27-10-7-24-48(53)49-25-8-11-28-54(49)66/h1-41H. The Labute approximate surface area is 405 Å². The van der Waals surface area contributed by atoms with Crippen molar-refractivity contribution in [1.82, 2.24) is 4.98 Å². The van der Waals surface area contributed by atoms with Crippen molar-refractivity contribution in [2.45, 2.75) is 10.8 Å². The van der Waals surface area contributed by atoms with E-state index in [1.807, 2.05) is 11.3 Å². The van der Waals surface area contributed by atoms with Crippen LogP contribution < -0.4 is 0 Å². The molecule has 0 N–H and O–H groups in total. The van der Waals surface area contributed by atoms with E-state index in [4.69, 9.17) is 4.98 Å². The van der Waals surface area contributed by atoms with Gasteiger partial charge >= 0.3 is 0 Å². The van der Waals surface area contributed by atoms with Crippen molar-refractivity contribution in [3.05, 3.63) is 293 Å². The predicted molar refractivity (Wildman–Crippen MR) is 287 cm³/mol. The Balaban J connectivity index is 1.01.